The van der Waals surface area contributed by atoms with Crippen LogP contribution < -0.4 is 15.2 Å². The molecule has 2 N–H and O–H groups in total. The Hall–Kier alpha value is -1.36. The van der Waals surface area contributed by atoms with Gasteiger partial charge in [0.25, 0.3) is 0 Å². The van der Waals surface area contributed by atoms with Crippen molar-refractivity contribution >= 4 is 0 Å². The van der Waals surface area contributed by atoms with Crippen LogP contribution in [0.1, 0.15) is 25.3 Å². The Morgan fingerprint density at radius 3 is 2.22 bits per heavy atom. The summed E-state index contributed by atoms with van der Waals surface area (Å²) in [6.45, 7) is 1.83. The summed E-state index contributed by atoms with van der Waals surface area (Å²) in [5.74, 6) is -1.92. The number of rotatable bonds is 4. The first-order valence-corrected chi connectivity index (χ1v) is 5.84. The summed E-state index contributed by atoms with van der Waals surface area (Å²) < 4.78 is 37.8. The van der Waals surface area contributed by atoms with Crippen LogP contribution in [0.15, 0.2) is 6.07 Å². The molecular formula is C13H17F2NO2. The van der Waals surface area contributed by atoms with Crippen LogP contribution in [0.4, 0.5) is 8.78 Å². The van der Waals surface area contributed by atoms with Crippen molar-refractivity contribution in [2.24, 2.45) is 5.73 Å². The summed E-state index contributed by atoms with van der Waals surface area (Å²) in [4.78, 5) is 0. The third kappa shape index (κ3) is 1.73. The van der Waals surface area contributed by atoms with Crippen LogP contribution in [0, 0.1) is 11.6 Å². The van der Waals surface area contributed by atoms with Crippen LogP contribution in [0.5, 0.6) is 11.5 Å². The maximum atomic E-state index is 14.3. The first-order chi connectivity index (χ1) is 8.47. The van der Waals surface area contributed by atoms with Gasteiger partial charge in [0, 0.05) is 17.0 Å². The molecular weight excluding hydrogens is 240 g/mol. The predicted octanol–water partition coefficient (Wildman–Crippen LogP) is 2.36. The smallest absolute Gasteiger partial charge is 0.209 e. The van der Waals surface area contributed by atoms with Crippen LogP contribution in [-0.2, 0) is 5.41 Å². The number of ether oxygens (including phenoxy) is 2. The highest BCUT2D eigenvalue weighted by molar-refractivity contribution is 5.48. The zero-order valence-corrected chi connectivity index (χ0v) is 10.7. The molecule has 0 bridgehead atoms. The molecule has 0 saturated heterocycles. The van der Waals surface area contributed by atoms with Gasteiger partial charge in [-0.3, -0.25) is 0 Å². The van der Waals surface area contributed by atoms with Gasteiger partial charge in [0.05, 0.1) is 14.2 Å². The molecule has 1 unspecified atom stereocenters. The normalized spacial score (nSPS) is 18.3. The Bertz CT molecular complexity index is 471. The van der Waals surface area contributed by atoms with Gasteiger partial charge >= 0.3 is 0 Å². The van der Waals surface area contributed by atoms with Gasteiger partial charge in [-0.1, -0.05) is 0 Å². The average molecular weight is 257 g/mol. The predicted molar refractivity (Wildman–Crippen MR) is 64.0 cm³/mol. The highest BCUT2D eigenvalue weighted by atomic mass is 19.1. The van der Waals surface area contributed by atoms with Crippen molar-refractivity contribution < 1.29 is 18.3 Å². The zero-order chi connectivity index (χ0) is 13.5. The van der Waals surface area contributed by atoms with Crippen molar-refractivity contribution in [1.82, 2.24) is 0 Å². The van der Waals surface area contributed by atoms with E-state index in [4.69, 9.17) is 15.2 Å². The monoisotopic (exact) mass is 257 g/mol. The van der Waals surface area contributed by atoms with Gasteiger partial charge in [0.1, 0.15) is 0 Å². The average Bonchev–Trinajstić information content (AvgIpc) is 3.11. The lowest BCUT2D eigenvalue weighted by atomic mass is 9.88. The zero-order valence-electron chi connectivity index (χ0n) is 10.7. The minimum atomic E-state index is -0.818. The van der Waals surface area contributed by atoms with Crippen molar-refractivity contribution in [2.45, 2.75) is 31.2 Å². The first kappa shape index (κ1) is 13.1. The Kier molecular flexibility index (Phi) is 3.19. The van der Waals surface area contributed by atoms with E-state index in [1.807, 2.05) is 6.92 Å². The SMILES string of the molecule is COc1cc(C2(C(C)N)CC2)c(F)c(OC)c1F. The van der Waals surface area contributed by atoms with E-state index >= 15 is 0 Å². The number of nitrogens with two attached hydrogens (primary N) is 1. The maximum Gasteiger partial charge on any atom is 0.209 e. The minimum absolute atomic E-state index is 0.0184. The number of halogens is 2. The topological polar surface area (TPSA) is 44.5 Å². The van der Waals surface area contributed by atoms with Crippen molar-refractivity contribution in [3.8, 4) is 11.5 Å². The number of hydrogen-bond acceptors (Lipinski definition) is 3. The highest BCUT2D eigenvalue weighted by Gasteiger charge is 2.50. The maximum absolute atomic E-state index is 14.3. The Morgan fingerprint density at radius 2 is 1.83 bits per heavy atom. The van der Waals surface area contributed by atoms with Gasteiger partial charge in [0.2, 0.25) is 5.82 Å². The molecule has 1 aromatic rings. The second kappa shape index (κ2) is 4.39. The van der Waals surface area contributed by atoms with Crippen molar-refractivity contribution in [1.29, 1.82) is 0 Å². The summed E-state index contributed by atoms with van der Waals surface area (Å²) in [6.07, 6.45) is 1.58. The Morgan fingerprint density at radius 1 is 1.22 bits per heavy atom. The van der Waals surface area contributed by atoms with E-state index in [2.05, 4.69) is 0 Å². The molecule has 1 aromatic carbocycles. The molecule has 0 aliphatic heterocycles. The largest absolute Gasteiger partial charge is 0.494 e. The fraction of sp³-hybridized carbons (Fsp3) is 0.538. The molecule has 0 radical (unpaired) electrons. The van der Waals surface area contributed by atoms with Crippen LogP contribution in [0.2, 0.25) is 0 Å². The number of benzene rings is 1. The van der Waals surface area contributed by atoms with E-state index in [1.165, 1.54) is 20.3 Å². The third-order valence-corrected chi connectivity index (χ3v) is 3.75. The van der Waals surface area contributed by atoms with Gasteiger partial charge in [-0.15, -0.1) is 0 Å². The summed E-state index contributed by atoms with van der Waals surface area (Å²) in [5, 5.41) is 0. The van der Waals surface area contributed by atoms with E-state index in [0.717, 1.165) is 12.8 Å². The van der Waals surface area contributed by atoms with Gasteiger partial charge in [-0.2, -0.15) is 4.39 Å². The lowest BCUT2D eigenvalue weighted by Crippen LogP contribution is -2.32. The van der Waals surface area contributed by atoms with Gasteiger partial charge in [0.15, 0.2) is 17.3 Å². The number of hydrogen-bond donors (Lipinski definition) is 1. The molecule has 18 heavy (non-hydrogen) atoms. The quantitative estimate of drug-likeness (QED) is 0.900. The van der Waals surface area contributed by atoms with E-state index in [1.54, 1.807) is 0 Å². The van der Waals surface area contributed by atoms with Crippen molar-refractivity contribution in [2.75, 3.05) is 14.2 Å². The standard InChI is InChI=1S/C13H17F2NO2/c1-7(16)13(4-5-13)8-6-9(17-2)11(15)12(18-3)10(8)14/h6-7H,4-5,16H2,1-3H3. The van der Waals surface area contributed by atoms with Crippen LogP contribution in [-0.4, -0.2) is 20.3 Å². The first-order valence-electron chi connectivity index (χ1n) is 5.84. The summed E-state index contributed by atoms with van der Waals surface area (Å²) in [5.41, 5.74) is 5.88. The van der Waals surface area contributed by atoms with Crippen LogP contribution >= 0.6 is 0 Å². The molecule has 0 amide bonds. The van der Waals surface area contributed by atoms with E-state index in [0.29, 0.717) is 5.56 Å². The van der Waals surface area contributed by atoms with Crippen molar-refractivity contribution in [3.05, 3.63) is 23.3 Å². The van der Waals surface area contributed by atoms with Crippen LogP contribution in [0.25, 0.3) is 0 Å². The Labute approximate surface area is 105 Å². The molecule has 100 valence electrons. The Balaban J connectivity index is 2.62. The lowest BCUT2D eigenvalue weighted by Gasteiger charge is -2.22. The molecule has 1 fully saturated rings. The summed E-state index contributed by atoms with van der Waals surface area (Å²) in [7, 11) is 2.57. The van der Waals surface area contributed by atoms with E-state index in [9.17, 15) is 8.78 Å². The molecule has 0 spiro atoms. The fourth-order valence-electron chi connectivity index (χ4n) is 2.38. The molecule has 0 aromatic heterocycles. The molecule has 3 nitrogen and oxygen atoms in total. The van der Waals surface area contributed by atoms with Crippen molar-refractivity contribution in [3.63, 3.8) is 0 Å². The summed E-state index contributed by atoms with van der Waals surface area (Å²) in [6, 6.07) is 1.19. The second-order valence-electron chi connectivity index (χ2n) is 4.73. The lowest BCUT2D eigenvalue weighted by molar-refractivity contribution is 0.327. The van der Waals surface area contributed by atoms with Gasteiger partial charge in [-0.25, -0.2) is 4.39 Å². The van der Waals surface area contributed by atoms with E-state index in [-0.39, 0.29) is 11.8 Å². The molecule has 1 atom stereocenters. The fourth-order valence-corrected chi connectivity index (χ4v) is 2.38. The second-order valence-corrected chi connectivity index (χ2v) is 4.73. The highest BCUT2D eigenvalue weighted by Crippen LogP contribution is 2.53. The minimum Gasteiger partial charge on any atom is -0.494 e. The van der Waals surface area contributed by atoms with Crippen LogP contribution in [0.3, 0.4) is 0 Å². The molecule has 0 heterocycles. The third-order valence-electron chi connectivity index (χ3n) is 3.75. The molecule has 1 saturated carbocycles. The van der Waals surface area contributed by atoms with Gasteiger partial charge < -0.3 is 15.2 Å². The molecule has 1 aliphatic carbocycles. The number of methoxy groups -OCH3 is 2. The molecule has 2 rings (SSSR count). The summed E-state index contributed by atoms with van der Waals surface area (Å²) >= 11 is 0. The molecule has 1 aliphatic rings. The molecule has 5 heteroatoms. The van der Waals surface area contributed by atoms with E-state index < -0.39 is 22.8 Å². The van der Waals surface area contributed by atoms with Gasteiger partial charge in [-0.05, 0) is 25.8 Å².